The van der Waals surface area contributed by atoms with E-state index in [0.717, 1.165) is 29.9 Å². The molecule has 1 aliphatic carbocycles. The predicted octanol–water partition coefficient (Wildman–Crippen LogP) is 1.01. The van der Waals surface area contributed by atoms with E-state index in [4.69, 9.17) is 0 Å². The van der Waals surface area contributed by atoms with Crippen LogP contribution in [0.15, 0.2) is 6.20 Å². The molecule has 0 spiro atoms. The molecule has 0 saturated carbocycles. The molecule has 118 valence electrons. The molecular weight excluding hydrogens is 280 g/mol. The summed E-state index contributed by atoms with van der Waals surface area (Å²) in [5.74, 6) is -0.0363. The third-order valence-electron chi connectivity index (χ3n) is 4.23. The van der Waals surface area contributed by atoms with Gasteiger partial charge in [-0.2, -0.15) is 10.2 Å². The number of nitrogens with one attached hydrogen (secondary N) is 2. The molecule has 0 fully saturated rings. The van der Waals surface area contributed by atoms with Crippen LogP contribution < -0.4 is 5.32 Å². The molecule has 7 heteroatoms. The fourth-order valence-corrected chi connectivity index (χ4v) is 2.89. The summed E-state index contributed by atoms with van der Waals surface area (Å²) in [6.07, 6.45) is 5.05. The van der Waals surface area contributed by atoms with Gasteiger partial charge in [0.2, 0.25) is 5.91 Å². The molecule has 0 radical (unpaired) electrons. The van der Waals surface area contributed by atoms with Crippen molar-refractivity contribution < 1.29 is 4.79 Å². The van der Waals surface area contributed by atoms with E-state index < -0.39 is 0 Å². The fourth-order valence-electron chi connectivity index (χ4n) is 2.89. The number of rotatable bonds is 5. The Balaban J connectivity index is 1.56. The molecule has 2 heterocycles. The number of amides is 1. The zero-order valence-corrected chi connectivity index (χ0v) is 13.3. The van der Waals surface area contributed by atoms with Crippen molar-refractivity contribution in [2.45, 2.75) is 32.7 Å². The maximum absolute atomic E-state index is 12.1. The van der Waals surface area contributed by atoms with Crippen molar-refractivity contribution in [3.05, 3.63) is 28.8 Å². The lowest BCUT2D eigenvalue weighted by Gasteiger charge is -2.15. The van der Waals surface area contributed by atoms with Crippen molar-refractivity contribution in [1.82, 2.24) is 24.9 Å². The number of hydrogen-bond acceptors (Lipinski definition) is 4. The smallest absolute Gasteiger partial charge is 0.238 e. The van der Waals surface area contributed by atoms with Crippen LogP contribution in [0.5, 0.6) is 0 Å². The molecule has 0 atom stereocenters. The SMILES string of the molecule is Cc1c(NC(=O)CN(C)Cc2n[nH]c3c2CCC3)cnn1C. The first-order valence-corrected chi connectivity index (χ1v) is 7.56. The predicted molar refractivity (Wildman–Crippen MR) is 83.5 cm³/mol. The summed E-state index contributed by atoms with van der Waals surface area (Å²) in [5.41, 5.74) is 5.39. The quantitative estimate of drug-likeness (QED) is 0.864. The maximum Gasteiger partial charge on any atom is 0.238 e. The minimum Gasteiger partial charge on any atom is -0.322 e. The van der Waals surface area contributed by atoms with Gasteiger partial charge in [0.25, 0.3) is 0 Å². The van der Waals surface area contributed by atoms with Crippen LogP contribution in [0.3, 0.4) is 0 Å². The van der Waals surface area contributed by atoms with E-state index >= 15 is 0 Å². The Hall–Kier alpha value is -2.15. The average Bonchev–Trinajstić information content (AvgIpc) is 3.13. The summed E-state index contributed by atoms with van der Waals surface area (Å²) < 4.78 is 1.74. The van der Waals surface area contributed by atoms with Crippen molar-refractivity contribution in [3.8, 4) is 0 Å². The van der Waals surface area contributed by atoms with E-state index in [1.54, 1.807) is 10.9 Å². The normalized spacial score (nSPS) is 13.6. The van der Waals surface area contributed by atoms with Crippen LogP contribution in [0.2, 0.25) is 0 Å². The molecule has 0 saturated heterocycles. The molecule has 1 aliphatic rings. The lowest BCUT2D eigenvalue weighted by atomic mass is 10.2. The summed E-state index contributed by atoms with van der Waals surface area (Å²) in [6.45, 7) is 2.95. The molecule has 2 aromatic rings. The minimum atomic E-state index is -0.0363. The van der Waals surface area contributed by atoms with Crippen LogP contribution >= 0.6 is 0 Å². The second-order valence-corrected chi connectivity index (χ2v) is 5.97. The van der Waals surface area contributed by atoms with Gasteiger partial charge in [-0.05, 0) is 38.8 Å². The first-order chi connectivity index (χ1) is 10.5. The number of hydrogen-bond donors (Lipinski definition) is 2. The zero-order chi connectivity index (χ0) is 15.7. The average molecular weight is 302 g/mol. The first-order valence-electron chi connectivity index (χ1n) is 7.56. The van der Waals surface area contributed by atoms with Crippen molar-refractivity contribution in [3.63, 3.8) is 0 Å². The third kappa shape index (κ3) is 2.89. The highest BCUT2D eigenvalue weighted by atomic mass is 16.2. The van der Waals surface area contributed by atoms with Gasteiger partial charge in [0.05, 0.1) is 29.8 Å². The van der Waals surface area contributed by atoms with Gasteiger partial charge in [-0.3, -0.25) is 19.5 Å². The van der Waals surface area contributed by atoms with Crippen LogP contribution in [-0.4, -0.2) is 44.4 Å². The van der Waals surface area contributed by atoms with E-state index in [2.05, 4.69) is 20.6 Å². The molecule has 1 amide bonds. The largest absolute Gasteiger partial charge is 0.322 e. The molecule has 7 nitrogen and oxygen atoms in total. The molecule has 0 aromatic carbocycles. The van der Waals surface area contributed by atoms with Crippen LogP contribution in [0.25, 0.3) is 0 Å². The van der Waals surface area contributed by atoms with Crippen molar-refractivity contribution in [1.29, 1.82) is 0 Å². The van der Waals surface area contributed by atoms with Crippen LogP contribution in [-0.2, 0) is 31.2 Å². The van der Waals surface area contributed by atoms with E-state index in [9.17, 15) is 4.79 Å². The second kappa shape index (κ2) is 5.92. The van der Waals surface area contributed by atoms with Crippen LogP contribution in [0, 0.1) is 6.92 Å². The van der Waals surface area contributed by atoms with Crippen LogP contribution in [0.4, 0.5) is 5.69 Å². The monoisotopic (exact) mass is 302 g/mol. The first kappa shape index (κ1) is 14.8. The molecule has 0 unspecified atom stereocenters. The highest BCUT2D eigenvalue weighted by molar-refractivity contribution is 5.92. The number of aromatic nitrogens is 4. The molecule has 2 aromatic heterocycles. The van der Waals surface area contributed by atoms with Gasteiger partial charge < -0.3 is 5.32 Å². The highest BCUT2D eigenvalue weighted by Crippen LogP contribution is 2.23. The summed E-state index contributed by atoms with van der Waals surface area (Å²) in [4.78, 5) is 14.1. The number of nitrogens with zero attached hydrogens (tertiary/aromatic N) is 4. The highest BCUT2D eigenvalue weighted by Gasteiger charge is 2.20. The third-order valence-corrected chi connectivity index (χ3v) is 4.23. The van der Waals surface area contributed by atoms with E-state index in [1.807, 2.05) is 25.9 Å². The van der Waals surface area contributed by atoms with Gasteiger partial charge >= 0.3 is 0 Å². The Bertz CT molecular complexity index is 686. The number of aromatic amines is 1. The van der Waals surface area contributed by atoms with E-state index in [-0.39, 0.29) is 5.91 Å². The lowest BCUT2D eigenvalue weighted by Crippen LogP contribution is -2.30. The Morgan fingerprint density at radius 1 is 1.50 bits per heavy atom. The van der Waals surface area contributed by atoms with Crippen LogP contribution in [0.1, 0.15) is 29.1 Å². The molecule has 0 bridgehead atoms. The Kier molecular flexibility index (Phi) is 3.98. The number of H-pyrrole nitrogens is 1. The number of likely N-dealkylation sites (N-methyl/N-ethyl adjacent to an activating group) is 1. The van der Waals surface area contributed by atoms with Gasteiger partial charge in [0.15, 0.2) is 0 Å². The summed E-state index contributed by atoms with van der Waals surface area (Å²) >= 11 is 0. The fraction of sp³-hybridized carbons (Fsp3) is 0.533. The van der Waals surface area contributed by atoms with Gasteiger partial charge in [-0.15, -0.1) is 0 Å². The second-order valence-electron chi connectivity index (χ2n) is 5.97. The lowest BCUT2D eigenvalue weighted by molar-refractivity contribution is -0.117. The number of aryl methyl sites for hydroxylation is 2. The molecule has 0 aliphatic heterocycles. The Labute approximate surface area is 129 Å². The standard InChI is InChI=1S/C15H22N6O/c1-10-13(7-16-21(10)3)17-15(22)9-20(2)8-14-11-5-4-6-12(11)18-19-14/h7H,4-6,8-9H2,1-3H3,(H,17,22)(H,18,19). The van der Waals surface area contributed by atoms with Gasteiger partial charge in [-0.25, -0.2) is 0 Å². The van der Waals surface area contributed by atoms with E-state index in [0.29, 0.717) is 13.1 Å². The van der Waals surface area contributed by atoms with Crippen molar-refractivity contribution >= 4 is 11.6 Å². The van der Waals surface area contributed by atoms with Gasteiger partial charge in [-0.1, -0.05) is 0 Å². The number of carbonyl (C=O) groups excluding carboxylic acids is 1. The summed E-state index contributed by atoms with van der Waals surface area (Å²) in [6, 6.07) is 0. The Morgan fingerprint density at radius 2 is 2.32 bits per heavy atom. The number of anilines is 1. The summed E-state index contributed by atoms with van der Waals surface area (Å²) in [5, 5.41) is 14.5. The number of fused-ring (bicyclic) bond motifs is 1. The Morgan fingerprint density at radius 3 is 3.05 bits per heavy atom. The van der Waals surface area contributed by atoms with Crippen molar-refractivity contribution in [2.24, 2.45) is 7.05 Å². The maximum atomic E-state index is 12.1. The molecule has 22 heavy (non-hydrogen) atoms. The van der Waals surface area contributed by atoms with Gasteiger partial charge in [0, 0.05) is 19.3 Å². The molecule has 3 rings (SSSR count). The van der Waals surface area contributed by atoms with Crippen molar-refractivity contribution in [2.75, 3.05) is 18.9 Å². The number of carbonyl (C=O) groups is 1. The summed E-state index contributed by atoms with van der Waals surface area (Å²) in [7, 11) is 3.79. The topological polar surface area (TPSA) is 78.8 Å². The minimum absolute atomic E-state index is 0.0363. The van der Waals surface area contributed by atoms with E-state index in [1.165, 1.54) is 17.7 Å². The molecule has 2 N–H and O–H groups in total. The zero-order valence-electron chi connectivity index (χ0n) is 13.3. The molecular formula is C15H22N6O. The van der Waals surface area contributed by atoms with Gasteiger partial charge in [0.1, 0.15) is 0 Å².